The van der Waals surface area contributed by atoms with E-state index in [4.69, 9.17) is 9.84 Å². The lowest BCUT2D eigenvalue weighted by Gasteiger charge is -2.08. The molecule has 2 aromatic rings. The molecule has 1 N–H and O–H groups in total. The summed E-state index contributed by atoms with van der Waals surface area (Å²) >= 11 is 0. The third-order valence-electron chi connectivity index (χ3n) is 4.12. The van der Waals surface area contributed by atoms with Gasteiger partial charge in [0, 0.05) is 17.8 Å². The van der Waals surface area contributed by atoms with Gasteiger partial charge >= 0.3 is 0 Å². The predicted molar refractivity (Wildman–Crippen MR) is 84.3 cm³/mol. The minimum atomic E-state index is 0.763. The standard InChI is InChI=1S/C17H23N3O/c1-12-17(9-10-18-14-7-8-14)13(2)20(19-12)15-5-4-6-16(11-15)21-3/h4-6,11,14,18H,7-10H2,1-3H3. The van der Waals surface area contributed by atoms with Gasteiger partial charge in [0.25, 0.3) is 0 Å². The van der Waals surface area contributed by atoms with Gasteiger partial charge in [0.2, 0.25) is 0 Å². The monoisotopic (exact) mass is 285 g/mol. The molecule has 4 heteroatoms. The van der Waals surface area contributed by atoms with Gasteiger partial charge in [-0.05, 0) is 57.4 Å². The number of benzene rings is 1. The Bertz CT molecular complexity index is 629. The molecule has 0 bridgehead atoms. The molecule has 0 atom stereocenters. The predicted octanol–water partition coefficient (Wildman–Crippen LogP) is 2.79. The summed E-state index contributed by atoms with van der Waals surface area (Å²) in [6, 6.07) is 8.80. The highest BCUT2D eigenvalue weighted by molar-refractivity contribution is 5.42. The van der Waals surface area contributed by atoms with Crippen LogP contribution in [0.25, 0.3) is 5.69 Å². The summed E-state index contributed by atoms with van der Waals surface area (Å²) < 4.78 is 7.32. The highest BCUT2D eigenvalue weighted by Crippen LogP contribution is 2.22. The number of nitrogens with zero attached hydrogens (tertiary/aromatic N) is 2. The van der Waals surface area contributed by atoms with Crippen molar-refractivity contribution in [2.24, 2.45) is 0 Å². The van der Waals surface area contributed by atoms with Crippen molar-refractivity contribution in [1.29, 1.82) is 0 Å². The summed E-state index contributed by atoms with van der Waals surface area (Å²) in [6.45, 7) is 5.28. The van der Waals surface area contributed by atoms with Crippen LogP contribution in [0.4, 0.5) is 0 Å². The number of aryl methyl sites for hydroxylation is 1. The van der Waals surface area contributed by atoms with Gasteiger partial charge in [-0.15, -0.1) is 0 Å². The molecule has 0 unspecified atom stereocenters. The first-order chi connectivity index (χ1) is 10.2. The normalized spacial score (nSPS) is 14.4. The summed E-state index contributed by atoms with van der Waals surface area (Å²) in [5.41, 5.74) is 4.74. The maximum atomic E-state index is 5.30. The van der Waals surface area contributed by atoms with E-state index in [9.17, 15) is 0 Å². The molecular formula is C17H23N3O. The average molecular weight is 285 g/mol. The Morgan fingerprint density at radius 1 is 1.33 bits per heavy atom. The molecule has 21 heavy (non-hydrogen) atoms. The Hall–Kier alpha value is -1.81. The lowest BCUT2D eigenvalue weighted by atomic mass is 10.1. The molecule has 1 aromatic heterocycles. The van der Waals surface area contributed by atoms with Gasteiger partial charge in [0.05, 0.1) is 18.5 Å². The SMILES string of the molecule is COc1cccc(-n2nc(C)c(CCNC3CC3)c2C)c1. The number of nitrogens with one attached hydrogen (secondary N) is 1. The van der Waals surface area contributed by atoms with Crippen molar-refractivity contribution in [2.75, 3.05) is 13.7 Å². The first-order valence-electron chi connectivity index (χ1n) is 7.62. The second-order valence-corrected chi connectivity index (χ2v) is 5.74. The van der Waals surface area contributed by atoms with Crippen molar-refractivity contribution in [3.63, 3.8) is 0 Å². The van der Waals surface area contributed by atoms with Crippen LogP contribution in [0.3, 0.4) is 0 Å². The molecule has 3 rings (SSSR count). The van der Waals surface area contributed by atoms with E-state index in [1.165, 1.54) is 24.1 Å². The van der Waals surface area contributed by atoms with Crippen LogP contribution < -0.4 is 10.1 Å². The third kappa shape index (κ3) is 3.10. The number of aromatic nitrogens is 2. The van der Waals surface area contributed by atoms with Crippen LogP contribution in [0, 0.1) is 13.8 Å². The molecular weight excluding hydrogens is 262 g/mol. The molecule has 0 spiro atoms. The van der Waals surface area contributed by atoms with E-state index in [1.54, 1.807) is 7.11 Å². The number of ether oxygens (including phenoxy) is 1. The van der Waals surface area contributed by atoms with Crippen LogP contribution in [0.2, 0.25) is 0 Å². The first-order valence-corrected chi connectivity index (χ1v) is 7.62. The number of methoxy groups -OCH3 is 1. The van der Waals surface area contributed by atoms with E-state index in [0.717, 1.165) is 36.1 Å². The Morgan fingerprint density at radius 2 is 2.14 bits per heavy atom. The Balaban J connectivity index is 1.81. The number of hydrogen-bond donors (Lipinski definition) is 1. The first kappa shape index (κ1) is 14.1. The van der Waals surface area contributed by atoms with Gasteiger partial charge in [-0.2, -0.15) is 5.10 Å². The summed E-state index contributed by atoms with van der Waals surface area (Å²) in [5.74, 6) is 0.858. The molecule has 1 fully saturated rings. The van der Waals surface area contributed by atoms with Crippen LogP contribution in [0.1, 0.15) is 29.8 Å². The average Bonchev–Trinajstić information content (AvgIpc) is 3.28. The van der Waals surface area contributed by atoms with Crippen molar-refractivity contribution in [3.8, 4) is 11.4 Å². The van der Waals surface area contributed by atoms with Crippen LogP contribution in [0.5, 0.6) is 5.75 Å². The smallest absolute Gasteiger partial charge is 0.121 e. The maximum absolute atomic E-state index is 5.30. The molecule has 0 radical (unpaired) electrons. The van der Waals surface area contributed by atoms with Gasteiger partial charge in [-0.1, -0.05) is 6.07 Å². The second kappa shape index (κ2) is 5.90. The molecule has 4 nitrogen and oxygen atoms in total. The Labute approximate surface area is 126 Å². The van der Waals surface area contributed by atoms with Gasteiger partial charge in [0.15, 0.2) is 0 Å². The zero-order valence-corrected chi connectivity index (χ0v) is 13.0. The third-order valence-corrected chi connectivity index (χ3v) is 4.12. The van der Waals surface area contributed by atoms with Crippen molar-refractivity contribution in [1.82, 2.24) is 15.1 Å². The highest BCUT2D eigenvalue weighted by atomic mass is 16.5. The van der Waals surface area contributed by atoms with E-state index in [2.05, 4.69) is 25.2 Å². The largest absolute Gasteiger partial charge is 0.497 e. The van der Waals surface area contributed by atoms with E-state index in [-0.39, 0.29) is 0 Å². The molecule has 1 heterocycles. The fourth-order valence-electron chi connectivity index (χ4n) is 2.72. The van der Waals surface area contributed by atoms with E-state index in [0.29, 0.717) is 0 Å². The zero-order valence-electron chi connectivity index (χ0n) is 13.0. The zero-order chi connectivity index (χ0) is 14.8. The van der Waals surface area contributed by atoms with Crippen molar-refractivity contribution >= 4 is 0 Å². The second-order valence-electron chi connectivity index (χ2n) is 5.74. The Kier molecular flexibility index (Phi) is 3.97. The van der Waals surface area contributed by atoms with Crippen molar-refractivity contribution < 1.29 is 4.74 Å². The van der Waals surface area contributed by atoms with Crippen molar-refractivity contribution in [2.45, 2.75) is 39.2 Å². The molecule has 112 valence electrons. The van der Waals surface area contributed by atoms with Crippen LogP contribution in [-0.2, 0) is 6.42 Å². The van der Waals surface area contributed by atoms with Crippen LogP contribution in [-0.4, -0.2) is 29.5 Å². The van der Waals surface area contributed by atoms with Crippen LogP contribution in [0.15, 0.2) is 24.3 Å². The molecule has 1 saturated carbocycles. The topological polar surface area (TPSA) is 39.1 Å². The molecule has 0 amide bonds. The van der Waals surface area contributed by atoms with E-state index in [1.807, 2.05) is 22.9 Å². The van der Waals surface area contributed by atoms with Crippen LogP contribution >= 0.6 is 0 Å². The fraction of sp³-hybridized carbons (Fsp3) is 0.471. The fourth-order valence-corrected chi connectivity index (χ4v) is 2.72. The Morgan fingerprint density at radius 3 is 2.86 bits per heavy atom. The number of rotatable bonds is 6. The maximum Gasteiger partial charge on any atom is 0.121 e. The molecule has 0 aliphatic heterocycles. The molecule has 1 aliphatic carbocycles. The minimum absolute atomic E-state index is 0.763. The summed E-state index contributed by atoms with van der Waals surface area (Å²) in [4.78, 5) is 0. The highest BCUT2D eigenvalue weighted by Gasteiger charge is 2.20. The molecule has 1 aliphatic rings. The quantitative estimate of drug-likeness (QED) is 0.887. The van der Waals surface area contributed by atoms with E-state index < -0.39 is 0 Å². The lowest BCUT2D eigenvalue weighted by molar-refractivity contribution is 0.414. The van der Waals surface area contributed by atoms with E-state index >= 15 is 0 Å². The van der Waals surface area contributed by atoms with Crippen molar-refractivity contribution in [3.05, 3.63) is 41.2 Å². The lowest BCUT2D eigenvalue weighted by Crippen LogP contribution is -2.19. The minimum Gasteiger partial charge on any atom is -0.497 e. The summed E-state index contributed by atoms with van der Waals surface area (Å²) in [6.07, 6.45) is 3.71. The van der Waals surface area contributed by atoms with Gasteiger partial charge in [-0.25, -0.2) is 4.68 Å². The van der Waals surface area contributed by atoms with Gasteiger partial charge < -0.3 is 10.1 Å². The number of hydrogen-bond acceptors (Lipinski definition) is 3. The van der Waals surface area contributed by atoms with Gasteiger partial charge in [-0.3, -0.25) is 0 Å². The molecule has 0 saturated heterocycles. The summed E-state index contributed by atoms with van der Waals surface area (Å²) in [5, 5.41) is 8.27. The molecule has 1 aromatic carbocycles. The summed E-state index contributed by atoms with van der Waals surface area (Å²) in [7, 11) is 1.69. The van der Waals surface area contributed by atoms with Gasteiger partial charge in [0.1, 0.15) is 5.75 Å².